The van der Waals surface area contributed by atoms with Crippen LogP contribution in [0.15, 0.2) is 6.20 Å². The summed E-state index contributed by atoms with van der Waals surface area (Å²) in [4.78, 5) is 19.3. The fourth-order valence-electron chi connectivity index (χ4n) is 2.58. The number of nitrogens with zero attached hydrogens (tertiary/aromatic N) is 2. The summed E-state index contributed by atoms with van der Waals surface area (Å²) < 4.78 is 0. The predicted octanol–water partition coefficient (Wildman–Crippen LogP) is 2.18. The van der Waals surface area contributed by atoms with Gasteiger partial charge in [-0.1, -0.05) is 0 Å². The largest absolute Gasteiger partial charge is 0.335 e. The van der Waals surface area contributed by atoms with Gasteiger partial charge in [-0.05, 0) is 39.5 Å². The van der Waals surface area contributed by atoms with Gasteiger partial charge in [0, 0.05) is 18.6 Å². The van der Waals surface area contributed by atoms with Crippen molar-refractivity contribution in [3.05, 3.63) is 16.1 Å². The number of hydrogen-bond acceptors (Lipinski definition) is 4. The Morgan fingerprint density at radius 3 is 2.67 bits per heavy atom. The van der Waals surface area contributed by atoms with Crippen LogP contribution in [-0.4, -0.2) is 34.4 Å². The molecule has 0 unspecified atom stereocenters. The molecule has 0 bridgehead atoms. The molecular weight excluding hydrogens is 246 g/mol. The van der Waals surface area contributed by atoms with Crippen molar-refractivity contribution >= 4 is 17.2 Å². The van der Waals surface area contributed by atoms with Crippen molar-refractivity contribution in [1.82, 2.24) is 9.88 Å². The van der Waals surface area contributed by atoms with Crippen molar-refractivity contribution in [2.75, 3.05) is 6.54 Å². The van der Waals surface area contributed by atoms with Crippen LogP contribution in [0, 0.1) is 6.92 Å². The number of carbonyl (C=O) groups excluding carboxylic acids is 1. The molecule has 2 N–H and O–H groups in total. The van der Waals surface area contributed by atoms with Gasteiger partial charge in [-0.2, -0.15) is 0 Å². The minimum atomic E-state index is 0.128. The first-order valence-electron chi connectivity index (χ1n) is 6.60. The topological polar surface area (TPSA) is 59.2 Å². The smallest absolute Gasteiger partial charge is 0.265 e. The Hall–Kier alpha value is -0.940. The molecule has 1 fully saturated rings. The third kappa shape index (κ3) is 2.90. The quantitative estimate of drug-likeness (QED) is 0.913. The number of carbonyl (C=O) groups is 1. The van der Waals surface area contributed by atoms with E-state index in [0.29, 0.717) is 12.1 Å². The fourth-order valence-corrected chi connectivity index (χ4v) is 3.32. The highest BCUT2D eigenvalue weighted by atomic mass is 32.1. The molecule has 4 nitrogen and oxygen atoms in total. The summed E-state index contributed by atoms with van der Waals surface area (Å²) in [7, 11) is 0. The average molecular weight is 267 g/mol. The van der Waals surface area contributed by atoms with Gasteiger partial charge in [-0.15, -0.1) is 11.3 Å². The van der Waals surface area contributed by atoms with Gasteiger partial charge in [0.25, 0.3) is 5.91 Å². The second kappa shape index (κ2) is 5.80. The molecule has 2 rings (SSSR count). The SMILES string of the molecule is CCN(C(=O)c1cnc(C)s1)C1CCC(N)CC1. The van der Waals surface area contributed by atoms with Crippen molar-refractivity contribution < 1.29 is 4.79 Å². The number of nitrogens with two attached hydrogens (primary N) is 1. The standard InChI is InChI=1S/C13H21N3OS/c1-3-16(11-6-4-10(14)5-7-11)13(17)12-8-15-9(2)18-12/h8,10-11H,3-7,14H2,1-2H3. The molecule has 1 aromatic heterocycles. The molecule has 0 aliphatic heterocycles. The van der Waals surface area contributed by atoms with Crippen LogP contribution in [0.25, 0.3) is 0 Å². The second-order valence-electron chi connectivity index (χ2n) is 4.90. The van der Waals surface area contributed by atoms with E-state index in [1.165, 1.54) is 11.3 Å². The third-order valence-electron chi connectivity index (χ3n) is 3.62. The van der Waals surface area contributed by atoms with Gasteiger partial charge < -0.3 is 10.6 Å². The van der Waals surface area contributed by atoms with Crippen molar-refractivity contribution in [2.24, 2.45) is 5.73 Å². The summed E-state index contributed by atoms with van der Waals surface area (Å²) in [5, 5.41) is 0.945. The summed E-state index contributed by atoms with van der Waals surface area (Å²) in [6, 6.07) is 0.672. The van der Waals surface area contributed by atoms with E-state index in [2.05, 4.69) is 4.98 Å². The van der Waals surface area contributed by atoms with Gasteiger partial charge in [0.1, 0.15) is 4.88 Å². The van der Waals surface area contributed by atoms with Crippen LogP contribution in [-0.2, 0) is 0 Å². The number of thiazole rings is 1. The van der Waals surface area contributed by atoms with E-state index in [-0.39, 0.29) is 5.91 Å². The van der Waals surface area contributed by atoms with Crippen LogP contribution in [0.4, 0.5) is 0 Å². The molecule has 18 heavy (non-hydrogen) atoms. The van der Waals surface area contributed by atoms with Crippen LogP contribution in [0.3, 0.4) is 0 Å². The zero-order valence-electron chi connectivity index (χ0n) is 11.1. The van der Waals surface area contributed by atoms with Gasteiger partial charge in [0.15, 0.2) is 0 Å². The molecule has 100 valence electrons. The fraction of sp³-hybridized carbons (Fsp3) is 0.692. The maximum absolute atomic E-state index is 12.4. The molecule has 0 aromatic carbocycles. The molecule has 1 aliphatic rings. The first kappa shape index (κ1) is 13.5. The molecule has 1 heterocycles. The van der Waals surface area contributed by atoms with Crippen LogP contribution in [0.5, 0.6) is 0 Å². The lowest BCUT2D eigenvalue weighted by atomic mass is 9.90. The maximum atomic E-state index is 12.4. The summed E-state index contributed by atoms with van der Waals surface area (Å²) in [5.41, 5.74) is 5.92. The van der Waals surface area contributed by atoms with Gasteiger partial charge in [-0.25, -0.2) is 4.98 Å². The first-order chi connectivity index (χ1) is 8.61. The number of rotatable bonds is 3. The van der Waals surface area contributed by atoms with Crippen LogP contribution >= 0.6 is 11.3 Å². The Morgan fingerprint density at radius 1 is 1.50 bits per heavy atom. The zero-order valence-corrected chi connectivity index (χ0v) is 11.9. The number of amides is 1. The summed E-state index contributed by atoms with van der Waals surface area (Å²) in [6.45, 7) is 4.73. The van der Waals surface area contributed by atoms with Gasteiger partial charge >= 0.3 is 0 Å². The van der Waals surface area contributed by atoms with Crippen molar-refractivity contribution in [3.8, 4) is 0 Å². The maximum Gasteiger partial charge on any atom is 0.265 e. The van der Waals surface area contributed by atoms with Crippen LogP contribution in [0.1, 0.15) is 47.3 Å². The molecule has 1 aromatic rings. The molecule has 1 saturated carbocycles. The number of aromatic nitrogens is 1. The lowest BCUT2D eigenvalue weighted by Gasteiger charge is -2.35. The Morgan fingerprint density at radius 2 is 2.17 bits per heavy atom. The van der Waals surface area contributed by atoms with E-state index >= 15 is 0 Å². The van der Waals surface area contributed by atoms with E-state index in [1.807, 2.05) is 18.7 Å². The monoisotopic (exact) mass is 267 g/mol. The number of aryl methyl sites for hydroxylation is 1. The Kier molecular flexibility index (Phi) is 4.35. The first-order valence-corrected chi connectivity index (χ1v) is 7.42. The van der Waals surface area contributed by atoms with E-state index < -0.39 is 0 Å². The molecular formula is C13H21N3OS. The number of hydrogen-bond donors (Lipinski definition) is 1. The minimum Gasteiger partial charge on any atom is -0.335 e. The highest BCUT2D eigenvalue weighted by Crippen LogP contribution is 2.24. The summed E-state index contributed by atoms with van der Waals surface area (Å²) in [6.07, 6.45) is 5.79. The summed E-state index contributed by atoms with van der Waals surface area (Å²) >= 11 is 1.48. The Labute approximate surface area is 112 Å². The molecule has 1 aliphatic carbocycles. The second-order valence-corrected chi connectivity index (χ2v) is 6.14. The van der Waals surface area contributed by atoms with Gasteiger partial charge in [0.05, 0.1) is 11.2 Å². The third-order valence-corrected chi connectivity index (χ3v) is 4.52. The van der Waals surface area contributed by atoms with Crippen LogP contribution < -0.4 is 5.73 Å². The van der Waals surface area contributed by atoms with E-state index in [0.717, 1.165) is 42.1 Å². The Bertz CT molecular complexity index is 410. The lowest BCUT2D eigenvalue weighted by Crippen LogP contribution is -2.43. The zero-order chi connectivity index (χ0) is 13.1. The molecule has 0 saturated heterocycles. The van der Waals surface area contributed by atoms with E-state index in [9.17, 15) is 4.79 Å². The summed E-state index contributed by atoms with van der Waals surface area (Å²) in [5.74, 6) is 0.128. The highest BCUT2D eigenvalue weighted by molar-refractivity contribution is 7.13. The molecule has 0 atom stereocenters. The van der Waals surface area contributed by atoms with Gasteiger partial charge in [0.2, 0.25) is 0 Å². The predicted molar refractivity (Wildman–Crippen MR) is 73.8 cm³/mol. The highest BCUT2D eigenvalue weighted by Gasteiger charge is 2.28. The average Bonchev–Trinajstić information content (AvgIpc) is 2.79. The van der Waals surface area contributed by atoms with Crippen molar-refractivity contribution in [3.63, 3.8) is 0 Å². The molecule has 0 radical (unpaired) electrons. The normalized spacial score (nSPS) is 23.9. The Balaban J connectivity index is 2.06. The lowest BCUT2D eigenvalue weighted by molar-refractivity contribution is 0.0645. The van der Waals surface area contributed by atoms with Crippen molar-refractivity contribution in [1.29, 1.82) is 0 Å². The molecule has 1 amide bonds. The minimum absolute atomic E-state index is 0.128. The van der Waals surface area contributed by atoms with Gasteiger partial charge in [-0.3, -0.25) is 4.79 Å². The molecule has 5 heteroatoms. The van der Waals surface area contributed by atoms with E-state index in [4.69, 9.17) is 5.73 Å². The van der Waals surface area contributed by atoms with Crippen LogP contribution in [0.2, 0.25) is 0 Å². The van der Waals surface area contributed by atoms with E-state index in [1.54, 1.807) is 6.20 Å². The molecule has 0 spiro atoms. The van der Waals surface area contributed by atoms with Crippen molar-refractivity contribution in [2.45, 2.75) is 51.6 Å².